The average Bonchev–Trinajstić information content (AvgIpc) is 2.92. The van der Waals surface area contributed by atoms with Crippen LogP contribution in [0, 0.1) is 5.82 Å². The third kappa shape index (κ3) is 3.92. The SMILES string of the molecule is CCCNC(c1cc(Br)ccc1F)c1ccnn1CCC. The molecular weight excluding hydrogens is 333 g/mol. The molecule has 114 valence electrons. The molecule has 2 aromatic rings. The number of benzene rings is 1. The second-order valence-electron chi connectivity index (χ2n) is 5.03. The minimum atomic E-state index is -0.198. The number of nitrogens with one attached hydrogen (secondary N) is 1. The highest BCUT2D eigenvalue weighted by Gasteiger charge is 2.21. The van der Waals surface area contributed by atoms with E-state index in [9.17, 15) is 4.39 Å². The van der Waals surface area contributed by atoms with E-state index in [-0.39, 0.29) is 11.9 Å². The molecule has 1 atom stereocenters. The summed E-state index contributed by atoms with van der Waals surface area (Å²) in [4.78, 5) is 0. The summed E-state index contributed by atoms with van der Waals surface area (Å²) in [6.07, 6.45) is 3.77. The number of halogens is 2. The van der Waals surface area contributed by atoms with Crippen molar-refractivity contribution in [3.05, 3.63) is 52.0 Å². The first-order valence-electron chi connectivity index (χ1n) is 7.37. The van der Waals surface area contributed by atoms with Gasteiger partial charge in [0.05, 0.1) is 11.7 Å². The Morgan fingerprint density at radius 3 is 2.81 bits per heavy atom. The van der Waals surface area contributed by atoms with Crippen LogP contribution in [0.1, 0.15) is 44.0 Å². The first-order chi connectivity index (χ1) is 10.2. The van der Waals surface area contributed by atoms with Gasteiger partial charge in [-0.3, -0.25) is 4.68 Å². The van der Waals surface area contributed by atoms with E-state index in [1.807, 2.05) is 16.8 Å². The summed E-state index contributed by atoms with van der Waals surface area (Å²) < 4.78 is 17.1. The molecule has 2 rings (SSSR count). The molecule has 0 amide bonds. The third-order valence-corrected chi connectivity index (χ3v) is 3.84. The lowest BCUT2D eigenvalue weighted by molar-refractivity contribution is 0.493. The largest absolute Gasteiger partial charge is 0.305 e. The molecule has 0 radical (unpaired) electrons. The molecule has 21 heavy (non-hydrogen) atoms. The van der Waals surface area contributed by atoms with Crippen molar-refractivity contribution in [1.29, 1.82) is 0 Å². The van der Waals surface area contributed by atoms with Crippen LogP contribution in [0.3, 0.4) is 0 Å². The van der Waals surface area contributed by atoms with Crippen LogP contribution in [0.25, 0.3) is 0 Å². The van der Waals surface area contributed by atoms with E-state index in [0.717, 1.165) is 36.1 Å². The van der Waals surface area contributed by atoms with Crippen molar-refractivity contribution in [2.45, 2.75) is 39.3 Å². The second-order valence-corrected chi connectivity index (χ2v) is 5.95. The fourth-order valence-corrected chi connectivity index (χ4v) is 2.76. The van der Waals surface area contributed by atoms with Gasteiger partial charge in [0.15, 0.2) is 0 Å². The number of hydrogen-bond donors (Lipinski definition) is 1. The van der Waals surface area contributed by atoms with Gasteiger partial charge < -0.3 is 5.32 Å². The zero-order chi connectivity index (χ0) is 15.2. The average molecular weight is 354 g/mol. The Balaban J connectivity index is 2.42. The van der Waals surface area contributed by atoms with Crippen LogP contribution in [0.2, 0.25) is 0 Å². The maximum Gasteiger partial charge on any atom is 0.128 e. The molecule has 3 nitrogen and oxygen atoms in total. The zero-order valence-electron chi connectivity index (χ0n) is 12.4. The standard InChI is InChI=1S/C16H21BrFN3/c1-3-8-19-16(13-11-12(17)5-6-14(13)18)15-7-9-20-21(15)10-4-2/h5-7,9,11,16,19H,3-4,8,10H2,1-2H3. The van der Waals surface area contributed by atoms with E-state index in [0.29, 0.717) is 5.56 Å². The summed E-state index contributed by atoms with van der Waals surface area (Å²) >= 11 is 3.43. The molecule has 0 aliphatic rings. The lowest BCUT2D eigenvalue weighted by Crippen LogP contribution is -2.26. The Morgan fingerprint density at radius 1 is 1.29 bits per heavy atom. The summed E-state index contributed by atoms with van der Waals surface area (Å²) in [5, 5.41) is 7.79. The van der Waals surface area contributed by atoms with Gasteiger partial charge in [-0.1, -0.05) is 29.8 Å². The summed E-state index contributed by atoms with van der Waals surface area (Å²) in [6, 6.07) is 6.84. The number of hydrogen-bond acceptors (Lipinski definition) is 2. The maximum atomic E-state index is 14.3. The predicted octanol–water partition coefficient (Wildman–Crippen LogP) is 4.28. The van der Waals surface area contributed by atoms with Gasteiger partial charge in [-0.25, -0.2) is 4.39 Å². The van der Waals surface area contributed by atoms with E-state index < -0.39 is 0 Å². The molecular formula is C16H21BrFN3. The third-order valence-electron chi connectivity index (χ3n) is 3.35. The molecule has 0 bridgehead atoms. The van der Waals surface area contributed by atoms with E-state index in [1.54, 1.807) is 12.3 Å². The van der Waals surface area contributed by atoms with Crippen LogP contribution in [0.15, 0.2) is 34.9 Å². The zero-order valence-corrected chi connectivity index (χ0v) is 14.0. The number of aryl methyl sites for hydroxylation is 1. The van der Waals surface area contributed by atoms with Gasteiger partial charge >= 0.3 is 0 Å². The van der Waals surface area contributed by atoms with Gasteiger partial charge in [0, 0.05) is 22.8 Å². The smallest absolute Gasteiger partial charge is 0.128 e. The van der Waals surface area contributed by atoms with Crippen molar-refractivity contribution in [2.24, 2.45) is 0 Å². The first-order valence-corrected chi connectivity index (χ1v) is 8.16. The predicted molar refractivity (Wildman–Crippen MR) is 86.8 cm³/mol. The highest BCUT2D eigenvalue weighted by Crippen LogP contribution is 2.27. The van der Waals surface area contributed by atoms with Gasteiger partial charge in [-0.05, 0) is 43.7 Å². The quantitative estimate of drug-likeness (QED) is 0.804. The summed E-state index contributed by atoms with van der Waals surface area (Å²) in [6.45, 7) is 5.88. The van der Waals surface area contributed by atoms with Gasteiger partial charge in [0.1, 0.15) is 5.82 Å². The highest BCUT2D eigenvalue weighted by molar-refractivity contribution is 9.10. The van der Waals surface area contributed by atoms with E-state index in [2.05, 4.69) is 40.2 Å². The van der Waals surface area contributed by atoms with Gasteiger partial charge in [0.2, 0.25) is 0 Å². The molecule has 0 aliphatic carbocycles. The normalized spacial score (nSPS) is 12.6. The number of nitrogens with zero attached hydrogens (tertiary/aromatic N) is 2. The summed E-state index contributed by atoms with van der Waals surface area (Å²) in [5.74, 6) is -0.198. The molecule has 0 saturated carbocycles. The van der Waals surface area contributed by atoms with Crippen molar-refractivity contribution in [3.63, 3.8) is 0 Å². The number of aromatic nitrogens is 2. The van der Waals surface area contributed by atoms with E-state index >= 15 is 0 Å². The van der Waals surface area contributed by atoms with Gasteiger partial charge in [-0.15, -0.1) is 0 Å². The fourth-order valence-electron chi connectivity index (χ4n) is 2.39. The molecule has 5 heteroatoms. The molecule has 0 fully saturated rings. The lowest BCUT2D eigenvalue weighted by Gasteiger charge is -2.21. The Labute approximate surface area is 133 Å². The van der Waals surface area contributed by atoms with Crippen molar-refractivity contribution in [2.75, 3.05) is 6.54 Å². The van der Waals surface area contributed by atoms with Crippen LogP contribution in [-0.2, 0) is 6.54 Å². The Hall–Kier alpha value is -1.20. The molecule has 0 saturated heterocycles. The van der Waals surface area contributed by atoms with Gasteiger partial charge in [-0.2, -0.15) is 5.10 Å². The fraction of sp³-hybridized carbons (Fsp3) is 0.438. The van der Waals surface area contributed by atoms with E-state index in [1.165, 1.54) is 6.07 Å². The summed E-state index contributed by atoms with van der Waals surface area (Å²) in [5.41, 5.74) is 1.65. The first kappa shape index (κ1) is 16.2. The van der Waals surface area contributed by atoms with Gasteiger partial charge in [0.25, 0.3) is 0 Å². The van der Waals surface area contributed by atoms with Crippen molar-refractivity contribution >= 4 is 15.9 Å². The molecule has 1 N–H and O–H groups in total. The Morgan fingerprint density at radius 2 is 2.10 bits per heavy atom. The van der Waals surface area contributed by atoms with Crippen molar-refractivity contribution in [3.8, 4) is 0 Å². The van der Waals surface area contributed by atoms with E-state index in [4.69, 9.17) is 0 Å². The maximum absolute atomic E-state index is 14.3. The second kappa shape index (κ2) is 7.71. The minimum absolute atomic E-state index is 0.184. The van der Waals surface area contributed by atoms with Crippen LogP contribution in [0.4, 0.5) is 4.39 Å². The molecule has 1 aromatic heterocycles. The van der Waals surface area contributed by atoms with Crippen LogP contribution < -0.4 is 5.32 Å². The lowest BCUT2D eigenvalue weighted by atomic mass is 10.0. The number of rotatable bonds is 7. The minimum Gasteiger partial charge on any atom is -0.305 e. The summed E-state index contributed by atoms with van der Waals surface area (Å²) in [7, 11) is 0. The monoisotopic (exact) mass is 353 g/mol. The highest BCUT2D eigenvalue weighted by atomic mass is 79.9. The topological polar surface area (TPSA) is 29.9 Å². The molecule has 0 spiro atoms. The Bertz CT molecular complexity index is 583. The molecule has 1 unspecified atom stereocenters. The van der Waals surface area contributed by atoms with Crippen LogP contribution in [0.5, 0.6) is 0 Å². The molecule has 1 aromatic carbocycles. The molecule has 0 aliphatic heterocycles. The van der Waals surface area contributed by atoms with Crippen molar-refractivity contribution < 1.29 is 4.39 Å². The Kier molecular flexibility index (Phi) is 5.94. The van der Waals surface area contributed by atoms with Crippen LogP contribution >= 0.6 is 15.9 Å². The van der Waals surface area contributed by atoms with Crippen molar-refractivity contribution in [1.82, 2.24) is 15.1 Å². The van der Waals surface area contributed by atoms with Crippen LogP contribution in [-0.4, -0.2) is 16.3 Å². The molecule has 1 heterocycles.